The zero-order valence-electron chi connectivity index (χ0n) is 22.7. The third kappa shape index (κ3) is 8.34. The maximum absolute atomic E-state index is 4.63. The molecule has 6 heteroatoms. The summed E-state index contributed by atoms with van der Waals surface area (Å²) in [5.41, 5.74) is 3.53. The van der Waals surface area contributed by atoms with Gasteiger partial charge in [0.25, 0.3) is 0 Å². The molecule has 2 radical (unpaired) electrons. The van der Waals surface area contributed by atoms with Crippen LogP contribution >= 0.6 is 24.8 Å². The van der Waals surface area contributed by atoms with Crippen LogP contribution in [0, 0.1) is 14.9 Å². The van der Waals surface area contributed by atoms with Crippen LogP contribution in [0.2, 0.25) is 19.6 Å². The summed E-state index contributed by atoms with van der Waals surface area (Å²) in [5, 5.41) is 8.07. The number of pyridine rings is 1. The summed E-state index contributed by atoms with van der Waals surface area (Å²) < 4.78 is 0. The summed E-state index contributed by atoms with van der Waals surface area (Å²) in [5.74, 6) is 0. The van der Waals surface area contributed by atoms with Gasteiger partial charge in [0, 0.05) is 11.6 Å². The molecule has 6 aromatic rings. The van der Waals surface area contributed by atoms with E-state index in [9.17, 15) is 0 Å². The maximum atomic E-state index is 4.63. The van der Waals surface area contributed by atoms with Crippen molar-refractivity contribution in [1.29, 1.82) is 0 Å². The van der Waals surface area contributed by atoms with Crippen molar-refractivity contribution in [1.82, 2.24) is 4.98 Å². The molecule has 0 N–H and O–H groups in total. The van der Waals surface area contributed by atoms with Crippen molar-refractivity contribution in [2.75, 3.05) is 0 Å². The fraction of sp³-hybridized carbons (Fsp3) is 0.0938. The summed E-state index contributed by atoms with van der Waals surface area (Å²) in [7, 11) is -1.30. The van der Waals surface area contributed by atoms with Crippen LogP contribution in [-0.4, -0.2) is 19.9 Å². The standard InChI is InChI=1S/C21H20NSi.C9H7.2CH3.2ClH.Si.Zr/c1-23(2,3)18-12-15-8-6-9-19(20(15)13-18)17-11-16-7-4-5-10-21(16)22-14-17;1-2-5-9-7-3-6-8(9)4-1;;;;;;/h4-14H,1-3H3;1-7H;2*1H3;2*1H;;/q4*-1;;;;. The van der Waals surface area contributed by atoms with Crippen LogP contribution in [0.5, 0.6) is 0 Å². The van der Waals surface area contributed by atoms with E-state index in [1.54, 1.807) is 0 Å². The minimum absolute atomic E-state index is 0. The Balaban J connectivity index is 0.000000779. The van der Waals surface area contributed by atoms with Gasteiger partial charge in [-0.25, -0.2) is 0 Å². The van der Waals surface area contributed by atoms with Crippen molar-refractivity contribution in [2.24, 2.45) is 0 Å². The van der Waals surface area contributed by atoms with Gasteiger partial charge in [-0.15, -0.1) is 88.6 Å². The van der Waals surface area contributed by atoms with Crippen LogP contribution in [0.25, 0.3) is 43.6 Å². The Labute approximate surface area is 258 Å². The first kappa shape index (κ1) is 36.2. The second kappa shape index (κ2) is 16.3. The molecule has 1 heterocycles. The van der Waals surface area contributed by atoms with E-state index >= 15 is 0 Å². The average Bonchev–Trinajstić information content (AvgIpc) is 3.52. The van der Waals surface area contributed by atoms with E-state index in [1.807, 2.05) is 12.3 Å². The second-order valence-corrected chi connectivity index (χ2v) is 14.5. The molecule has 0 aliphatic rings. The van der Waals surface area contributed by atoms with Crippen LogP contribution in [0.15, 0.2) is 109 Å². The number of fused-ring (bicyclic) bond motifs is 3. The van der Waals surface area contributed by atoms with E-state index < -0.39 is 8.07 Å². The fourth-order valence-corrected chi connectivity index (χ4v) is 5.37. The van der Waals surface area contributed by atoms with Gasteiger partial charge in [-0.1, -0.05) is 55.5 Å². The maximum Gasteiger partial charge on any atom is -0.0809 e. The predicted octanol–water partition coefficient (Wildman–Crippen LogP) is 9.24. The third-order valence-electron chi connectivity index (χ3n) is 6.07. The first-order valence-electron chi connectivity index (χ1n) is 11.4. The Morgan fingerprint density at radius 2 is 1.37 bits per heavy atom. The molecule has 0 saturated heterocycles. The van der Waals surface area contributed by atoms with Gasteiger partial charge in [-0.05, 0) is 17.7 Å². The van der Waals surface area contributed by atoms with Crippen molar-refractivity contribution < 1.29 is 23.3 Å². The van der Waals surface area contributed by atoms with E-state index in [-0.39, 0.29) is 39.7 Å². The normalized spacial score (nSPS) is 9.84. The Bertz CT molecular complexity index is 1520. The van der Waals surface area contributed by atoms with Crippen LogP contribution in [-0.2, 0) is 23.3 Å². The molecular formula is C32H35Cl2NSi2Zr-4. The number of hydrogen-bond acceptors (Lipinski definition) is 1. The molecule has 0 fully saturated rings. The number of benzene rings is 3. The molecule has 0 amide bonds. The van der Waals surface area contributed by atoms with Crippen LogP contribution in [0.4, 0.5) is 0 Å². The number of aromatic nitrogens is 1. The Hall–Kier alpha value is -1.81. The van der Waals surface area contributed by atoms with E-state index in [1.165, 1.54) is 66.6 Å². The van der Waals surface area contributed by atoms with Crippen LogP contribution in [0.1, 0.15) is 0 Å². The van der Waals surface area contributed by atoms with E-state index in [2.05, 4.69) is 129 Å². The summed E-state index contributed by atoms with van der Waals surface area (Å²) >= 11 is 1.36. The smallest absolute Gasteiger partial charge is 0.0809 e. The molecular weight excluding hydrogens is 617 g/mol. The molecule has 1 nitrogen and oxygen atoms in total. The molecule has 0 aliphatic heterocycles. The third-order valence-corrected chi connectivity index (χ3v) is 8.09. The van der Waals surface area contributed by atoms with Gasteiger partial charge in [-0.2, -0.15) is 23.6 Å². The van der Waals surface area contributed by atoms with Crippen molar-refractivity contribution in [3.05, 3.63) is 124 Å². The Kier molecular flexibility index (Phi) is 15.5. The van der Waals surface area contributed by atoms with Gasteiger partial charge >= 0.3 is 30.2 Å². The number of hydrogen-bond donors (Lipinski definition) is 0. The monoisotopic (exact) mass is 649 g/mol. The quantitative estimate of drug-likeness (QED) is 0.134. The molecule has 5 aromatic carbocycles. The summed E-state index contributed by atoms with van der Waals surface area (Å²) in [6.07, 6.45) is 2.00. The summed E-state index contributed by atoms with van der Waals surface area (Å²) in [4.78, 5) is 4.63. The molecule has 0 bridgehead atoms. The van der Waals surface area contributed by atoms with E-state index in [4.69, 9.17) is 0 Å². The minimum atomic E-state index is -1.30. The topological polar surface area (TPSA) is 12.9 Å². The van der Waals surface area contributed by atoms with Crippen molar-refractivity contribution in [2.45, 2.75) is 19.6 Å². The predicted molar refractivity (Wildman–Crippen MR) is 176 cm³/mol. The SMILES string of the molecule is C[Si](C)(C)c1cc2c(-c3cnc4ccccc4c3)cccc2[cH-]1.Cl.Cl.[CH3-].[CH3-].[Si]=[Zr].c1ccc2[cH-]ccc2c1. The second-order valence-electron chi connectivity index (χ2n) is 9.37. The molecule has 38 heavy (non-hydrogen) atoms. The van der Waals surface area contributed by atoms with Gasteiger partial charge in [0.1, 0.15) is 0 Å². The van der Waals surface area contributed by atoms with Gasteiger partial charge in [0.2, 0.25) is 0 Å². The zero-order chi connectivity index (χ0) is 24.1. The minimum Gasteiger partial charge on any atom is -0.168 e. The van der Waals surface area contributed by atoms with Gasteiger partial charge in [0.15, 0.2) is 0 Å². The molecule has 0 saturated carbocycles. The number of halogens is 2. The molecule has 0 unspecified atom stereocenters. The molecule has 6 rings (SSSR count). The summed E-state index contributed by atoms with van der Waals surface area (Å²) in [6, 6.07) is 36.6. The molecule has 0 spiro atoms. The first-order valence-corrected chi connectivity index (χ1v) is 19.1. The summed E-state index contributed by atoms with van der Waals surface area (Å²) in [6.45, 7) is 10.3. The molecule has 0 atom stereocenters. The fourth-order valence-electron chi connectivity index (χ4n) is 4.21. The Morgan fingerprint density at radius 3 is 2.05 bits per heavy atom. The zero-order valence-corrected chi connectivity index (χ0v) is 28.7. The largest absolute Gasteiger partial charge is 0.168 e. The Morgan fingerprint density at radius 1 is 0.737 bits per heavy atom. The van der Waals surface area contributed by atoms with E-state index in [0.717, 1.165) is 5.52 Å². The van der Waals surface area contributed by atoms with E-state index in [0.29, 0.717) is 0 Å². The average molecular weight is 652 g/mol. The molecule has 0 aliphatic carbocycles. The van der Waals surface area contributed by atoms with Gasteiger partial charge < -0.3 is 14.9 Å². The number of rotatable bonds is 2. The molecule has 1 aromatic heterocycles. The van der Waals surface area contributed by atoms with Crippen LogP contribution in [0.3, 0.4) is 0 Å². The van der Waals surface area contributed by atoms with Crippen LogP contribution < -0.4 is 5.19 Å². The van der Waals surface area contributed by atoms with Crippen molar-refractivity contribution in [3.8, 4) is 11.1 Å². The van der Waals surface area contributed by atoms with Gasteiger partial charge in [0.05, 0.1) is 13.6 Å². The van der Waals surface area contributed by atoms with Gasteiger partial charge in [-0.3, -0.25) is 4.98 Å². The first-order chi connectivity index (χ1) is 16.5. The van der Waals surface area contributed by atoms with Crippen molar-refractivity contribution in [3.63, 3.8) is 0 Å². The number of para-hydroxylation sites is 1. The number of nitrogens with zero attached hydrogens (tertiary/aromatic N) is 1. The molecule has 198 valence electrons. The van der Waals surface area contributed by atoms with Crippen molar-refractivity contribution >= 4 is 77.4 Å².